The fourth-order valence-corrected chi connectivity index (χ4v) is 4.10. The van der Waals surface area contributed by atoms with Crippen molar-refractivity contribution in [1.82, 2.24) is 19.9 Å². The van der Waals surface area contributed by atoms with Crippen molar-refractivity contribution < 1.29 is 4.79 Å². The van der Waals surface area contributed by atoms with E-state index in [0.717, 1.165) is 19.3 Å². The zero-order chi connectivity index (χ0) is 18.5. The minimum atomic E-state index is -0.692. The van der Waals surface area contributed by atoms with Crippen LogP contribution >= 0.6 is 11.6 Å². The van der Waals surface area contributed by atoms with Crippen LogP contribution in [0.4, 0.5) is 17.3 Å². The van der Waals surface area contributed by atoms with Gasteiger partial charge in [-0.05, 0) is 38.7 Å². The van der Waals surface area contributed by atoms with Gasteiger partial charge in [0, 0.05) is 5.56 Å². The van der Waals surface area contributed by atoms with Gasteiger partial charge in [0.25, 0.3) is 11.5 Å². The van der Waals surface area contributed by atoms with Crippen LogP contribution in [0.1, 0.15) is 48.2 Å². The van der Waals surface area contributed by atoms with Gasteiger partial charge in [-0.1, -0.05) is 18.0 Å². The molecule has 2 aromatic rings. The molecule has 1 aliphatic heterocycles. The Kier molecular flexibility index (Phi) is 3.87. The van der Waals surface area contributed by atoms with Crippen LogP contribution in [0.3, 0.4) is 0 Å². The number of carbonyl (C=O) groups is 1. The van der Waals surface area contributed by atoms with Gasteiger partial charge in [-0.15, -0.1) is 0 Å². The fraction of sp³-hybridized carbons (Fsp3) is 0.412. The molecule has 3 heterocycles. The van der Waals surface area contributed by atoms with Crippen molar-refractivity contribution in [2.75, 3.05) is 11.1 Å². The summed E-state index contributed by atoms with van der Waals surface area (Å²) in [5.41, 5.74) is 5.92. The maximum atomic E-state index is 13.2. The Hall–Kier alpha value is -2.61. The van der Waals surface area contributed by atoms with Crippen LogP contribution < -0.4 is 21.9 Å². The summed E-state index contributed by atoms with van der Waals surface area (Å²) in [5.74, 6) is 0.458. The lowest BCUT2D eigenvalue weighted by atomic mass is 9.89. The third-order valence-corrected chi connectivity index (χ3v) is 5.49. The first-order valence-corrected chi connectivity index (χ1v) is 8.93. The molecule has 1 saturated carbocycles. The predicted molar refractivity (Wildman–Crippen MR) is 98.7 cm³/mol. The van der Waals surface area contributed by atoms with Crippen LogP contribution in [0.2, 0.25) is 5.02 Å². The molecule has 0 saturated heterocycles. The van der Waals surface area contributed by atoms with E-state index in [1.54, 1.807) is 6.92 Å². The highest BCUT2D eigenvalue weighted by molar-refractivity contribution is 6.34. The maximum absolute atomic E-state index is 13.2. The lowest BCUT2D eigenvalue weighted by Crippen LogP contribution is -2.48. The summed E-state index contributed by atoms with van der Waals surface area (Å²) < 4.78 is 1.53. The number of anilines is 3. The molecule has 1 aliphatic carbocycles. The molecule has 0 atom stereocenters. The smallest absolute Gasteiger partial charge is 0.276 e. The fourth-order valence-electron chi connectivity index (χ4n) is 3.82. The number of hydrogen-bond acceptors (Lipinski definition) is 6. The van der Waals surface area contributed by atoms with Crippen LogP contribution in [-0.4, -0.2) is 20.4 Å². The van der Waals surface area contributed by atoms with E-state index in [0.29, 0.717) is 30.0 Å². The number of nitrogens with two attached hydrogens (primary N) is 1. The lowest BCUT2D eigenvalue weighted by Gasteiger charge is -2.35. The molecule has 136 valence electrons. The molecule has 0 unspecified atom stereocenters. The van der Waals surface area contributed by atoms with Gasteiger partial charge < -0.3 is 16.4 Å². The molecule has 8 nitrogen and oxygen atoms in total. The van der Waals surface area contributed by atoms with E-state index < -0.39 is 5.66 Å². The number of amides is 1. The third kappa shape index (κ3) is 2.44. The van der Waals surface area contributed by atoms with Crippen LogP contribution in [0.25, 0.3) is 0 Å². The largest absolute Gasteiger partial charge is 0.383 e. The van der Waals surface area contributed by atoms with Gasteiger partial charge in [0.15, 0.2) is 0 Å². The van der Waals surface area contributed by atoms with E-state index in [9.17, 15) is 9.59 Å². The average molecular weight is 375 g/mol. The number of pyridine rings is 1. The number of carbonyl (C=O) groups excluding carboxylic acids is 1. The van der Waals surface area contributed by atoms with Crippen molar-refractivity contribution in [3.8, 4) is 0 Å². The van der Waals surface area contributed by atoms with E-state index >= 15 is 0 Å². The second-order valence-electron chi connectivity index (χ2n) is 6.80. The Bertz CT molecular complexity index is 964. The Labute approximate surface area is 154 Å². The van der Waals surface area contributed by atoms with E-state index in [1.807, 2.05) is 0 Å². The molecular weight excluding hydrogens is 356 g/mol. The molecule has 1 fully saturated rings. The quantitative estimate of drug-likeness (QED) is 0.742. The molecule has 26 heavy (non-hydrogen) atoms. The number of fused-ring (bicyclic) bond motifs is 2. The topological polar surface area (TPSA) is 115 Å². The van der Waals surface area contributed by atoms with Crippen molar-refractivity contribution in [3.63, 3.8) is 0 Å². The zero-order valence-electron chi connectivity index (χ0n) is 14.3. The standard InChI is InChI=1S/C17H19ClN6O2/c1-9-13(19)20-8-21-14(9)22-11-7-10(18)12-15(25)23-17(24(12)16(11)26)5-3-2-4-6-17/h7-8H,2-6H2,1H3,(H,23,25)(H3,19,20,21,22). The monoisotopic (exact) mass is 374 g/mol. The summed E-state index contributed by atoms with van der Waals surface area (Å²) >= 11 is 6.36. The molecule has 2 aromatic heterocycles. The van der Waals surface area contributed by atoms with E-state index in [2.05, 4.69) is 20.6 Å². The van der Waals surface area contributed by atoms with Gasteiger partial charge in [-0.25, -0.2) is 9.97 Å². The van der Waals surface area contributed by atoms with Crippen molar-refractivity contribution in [2.24, 2.45) is 0 Å². The Morgan fingerprint density at radius 3 is 2.73 bits per heavy atom. The highest BCUT2D eigenvalue weighted by Crippen LogP contribution is 2.38. The van der Waals surface area contributed by atoms with Crippen LogP contribution in [0.15, 0.2) is 17.2 Å². The number of hydrogen-bond donors (Lipinski definition) is 3. The first-order chi connectivity index (χ1) is 12.4. The van der Waals surface area contributed by atoms with Crippen molar-refractivity contribution in [2.45, 2.75) is 44.7 Å². The lowest BCUT2D eigenvalue weighted by molar-refractivity contribution is 0.0877. The minimum absolute atomic E-state index is 0.225. The third-order valence-electron chi connectivity index (χ3n) is 5.20. The Balaban J connectivity index is 1.86. The van der Waals surface area contributed by atoms with E-state index in [1.165, 1.54) is 17.0 Å². The highest BCUT2D eigenvalue weighted by atomic mass is 35.5. The SMILES string of the molecule is Cc1c(N)ncnc1Nc1cc(Cl)c2n(c1=O)C1(CCCCC1)NC2=O. The molecular formula is C17H19ClN6O2. The van der Waals surface area contributed by atoms with Crippen molar-refractivity contribution in [1.29, 1.82) is 0 Å². The summed E-state index contributed by atoms with van der Waals surface area (Å²) in [7, 11) is 0. The van der Waals surface area contributed by atoms with Gasteiger partial charge in [0.05, 0.1) is 5.02 Å². The van der Waals surface area contributed by atoms with Crippen LogP contribution in [0, 0.1) is 6.92 Å². The summed E-state index contributed by atoms with van der Waals surface area (Å²) in [4.78, 5) is 33.7. The van der Waals surface area contributed by atoms with Crippen LogP contribution in [0.5, 0.6) is 0 Å². The molecule has 2 aliphatic rings. The van der Waals surface area contributed by atoms with Crippen LogP contribution in [-0.2, 0) is 5.66 Å². The van der Waals surface area contributed by atoms with Crippen molar-refractivity contribution in [3.05, 3.63) is 39.0 Å². The summed E-state index contributed by atoms with van der Waals surface area (Å²) in [6.45, 7) is 1.76. The highest BCUT2D eigenvalue weighted by Gasteiger charge is 2.45. The van der Waals surface area contributed by atoms with Gasteiger partial charge in [0.2, 0.25) is 0 Å². The first kappa shape index (κ1) is 16.8. The average Bonchev–Trinajstić information content (AvgIpc) is 2.89. The first-order valence-electron chi connectivity index (χ1n) is 8.55. The number of nitrogens with one attached hydrogen (secondary N) is 2. The summed E-state index contributed by atoms with van der Waals surface area (Å²) in [5, 5.41) is 6.22. The van der Waals surface area contributed by atoms with E-state index in [4.69, 9.17) is 17.3 Å². The molecule has 0 radical (unpaired) electrons. The second kappa shape index (κ2) is 5.98. The van der Waals surface area contributed by atoms with E-state index in [-0.39, 0.29) is 27.9 Å². The Morgan fingerprint density at radius 2 is 2.00 bits per heavy atom. The number of nitrogen functional groups attached to an aromatic ring is 1. The molecule has 0 bridgehead atoms. The second-order valence-corrected chi connectivity index (χ2v) is 7.21. The number of halogens is 1. The molecule has 1 amide bonds. The number of rotatable bonds is 2. The summed E-state index contributed by atoms with van der Waals surface area (Å²) in [6.07, 6.45) is 5.74. The molecule has 1 spiro atoms. The normalized spacial score (nSPS) is 17.8. The molecule has 4 N–H and O–H groups in total. The minimum Gasteiger partial charge on any atom is -0.383 e. The van der Waals surface area contributed by atoms with Gasteiger partial charge >= 0.3 is 0 Å². The maximum Gasteiger partial charge on any atom is 0.276 e. The molecule has 0 aromatic carbocycles. The molecule has 4 rings (SSSR count). The van der Waals surface area contributed by atoms with Gasteiger partial charge in [0.1, 0.15) is 35.0 Å². The number of nitrogens with zero attached hydrogens (tertiary/aromatic N) is 3. The summed E-state index contributed by atoms with van der Waals surface area (Å²) in [6, 6.07) is 1.47. The Morgan fingerprint density at radius 1 is 1.27 bits per heavy atom. The van der Waals surface area contributed by atoms with Gasteiger partial charge in [-0.2, -0.15) is 0 Å². The molecule has 9 heteroatoms. The zero-order valence-corrected chi connectivity index (χ0v) is 15.1. The number of aromatic nitrogens is 3. The van der Waals surface area contributed by atoms with Crippen molar-refractivity contribution >= 4 is 34.8 Å². The predicted octanol–water partition coefficient (Wildman–Crippen LogP) is 2.29. The van der Waals surface area contributed by atoms with Gasteiger partial charge in [-0.3, -0.25) is 14.2 Å².